The molecule has 1 rings (SSSR count). The van der Waals surface area contributed by atoms with Crippen molar-refractivity contribution in [2.75, 3.05) is 0 Å². The molecule has 0 amide bonds. The molecule has 0 fully saturated rings. The topological polar surface area (TPSA) is 20.2 Å². The van der Waals surface area contributed by atoms with Gasteiger partial charge in [0.2, 0.25) is 0 Å². The van der Waals surface area contributed by atoms with Gasteiger partial charge in [0.1, 0.15) is 5.75 Å². The molecule has 0 radical (unpaired) electrons. The normalized spacial score (nSPS) is 10.7. The van der Waals surface area contributed by atoms with E-state index in [1.165, 1.54) is 75.3 Å². The van der Waals surface area contributed by atoms with Crippen molar-refractivity contribution in [3.05, 3.63) is 34.9 Å². The van der Waals surface area contributed by atoms with Crippen LogP contribution in [0.4, 0.5) is 0 Å². The van der Waals surface area contributed by atoms with E-state index in [0.29, 0.717) is 5.75 Å². The number of phenolic OH excluding ortho intramolecular Hbond substituents is 1. The van der Waals surface area contributed by atoms with E-state index in [9.17, 15) is 5.11 Å². The summed E-state index contributed by atoms with van der Waals surface area (Å²) in [5, 5.41) is 10.3. The first-order valence-electron chi connectivity index (χ1n) is 9.73. The molecule has 0 heterocycles. The summed E-state index contributed by atoms with van der Waals surface area (Å²) in [6.45, 7) is 6.73. The highest BCUT2D eigenvalue weighted by Gasteiger charge is 2.07. The van der Waals surface area contributed by atoms with Gasteiger partial charge in [0.25, 0.3) is 0 Å². The average Bonchev–Trinajstić information content (AvgIpc) is 2.55. The van der Waals surface area contributed by atoms with Gasteiger partial charge in [-0.1, -0.05) is 76.7 Å². The number of allylic oxidation sites excluding steroid dienone is 1. The average molecular weight is 317 g/mol. The van der Waals surface area contributed by atoms with Crippen molar-refractivity contribution < 1.29 is 5.11 Å². The van der Waals surface area contributed by atoms with Gasteiger partial charge in [0.15, 0.2) is 0 Å². The third kappa shape index (κ3) is 7.72. The highest BCUT2D eigenvalue weighted by Crippen LogP contribution is 2.28. The van der Waals surface area contributed by atoms with E-state index in [-0.39, 0.29) is 0 Å². The molecule has 0 bridgehead atoms. The molecule has 0 aliphatic heterocycles. The largest absolute Gasteiger partial charge is 0.507 e. The van der Waals surface area contributed by atoms with E-state index in [4.69, 9.17) is 0 Å². The van der Waals surface area contributed by atoms with E-state index in [1.54, 1.807) is 0 Å². The molecule has 130 valence electrons. The molecule has 0 saturated carbocycles. The van der Waals surface area contributed by atoms with Crippen LogP contribution in [0.1, 0.15) is 96.1 Å². The Morgan fingerprint density at radius 2 is 1.48 bits per heavy atom. The summed E-state index contributed by atoms with van der Waals surface area (Å²) in [5.74, 6) is 0.446. The summed E-state index contributed by atoms with van der Waals surface area (Å²) in [4.78, 5) is 0. The predicted molar refractivity (Wildman–Crippen MR) is 103 cm³/mol. The molecule has 23 heavy (non-hydrogen) atoms. The van der Waals surface area contributed by atoms with Crippen molar-refractivity contribution in [3.63, 3.8) is 0 Å². The number of phenols is 1. The lowest BCUT2D eigenvalue weighted by Crippen LogP contribution is -1.93. The maximum atomic E-state index is 10.3. The van der Waals surface area contributed by atoms with E-state index in [1.807, 2.05) is 12.1 Å². The number of aryl methyl sites for hydroxylation is 1. The zero-order valence-electron chi connectivity index (χ0n) is 15.5. The molecule has 1 heteroatoms. The zero-order valence-corrected chi connectivity index (χ0v) is 15.5. The van der Waals surface area contributed by atoms with Crippen LogP contribution in [-0.4, -0.2) is 5.11 Å². The van der Waals surface area contributed by atoms with E-state index in [2.05, 4.69) is 32.9 Å². The number of hydrogen-bond acceptors (Lipinski definition) is 1. The summed E-state index contributed by atoms with van der Waals surface area (Å²) in [7, 11) is 0. The van der Waals surface area contributed by atoms with Gasteiger partial charge in [-0.2, -0.15) is 0 Å². The Labute approximate surface area is 143 Å². The smallest absolute Gasteiger partial charge is 0.123 e. The van der Waals surface area contributed by atoms with Gasteiger partial charge in [-0.25, -0.2) is 0 Å². The monoisotopic (exact) mass is 316 g/mol. The summed E-state index contributed by atoms with van der Waals surface area (Å²) in [6.07, 6.45) is 15.8. The van der Waals surface area contributed by atoms with Gasteiger partial charge in [0.05, 0.1) is 0 Å². The number of hydrogen-bond donors (Lipinski definition) is 1. The van der Waals surface area contributed by atoms with E-state index < -0.39 is 0 Å². The second-order valence-corrected chi connectivity index (χ2v) is 6.67. The molecule has 1 N–H and O–H groups in total. The minimum Gasteiger partial charge on any atom is -0.507 e. The predicted octanol–water partition coefficient (Wildman–Crippen LogP) is 7.28. The van der Waals surface area contributed by atoms with Gasteiger partial charge in [-0.05, 0) is 50.2 Å². The molecule has 0 aromatic heterocycles. The number of unbranched alkanes of at least 4 members (excludes halogenated alkanes) is 5. The Balaban J connectivity index is 2.93. The summed E-state index contributed by atoms with van der Waals surface area (Å²) in [6, 6.07) is 5.99. The quantitative estimate of drug-likeness (QED) is 0.402. The van der Waals surface area contributed by atoms with Crippen LogP contribution in [0.5, 0.6) is 5.75 Å². The third-order valence-electron chi connectivity index (χ3n) is 4.52. The lowest BCUT2D eigenvalue weighted by atomic mass is 9.95. The fourth-order valence-corrected chi connectivity index (χ4v) is 3.03. The van der Waals surface area contributed by atoms with Crippen LogP contribution in [0.3, 0.4) is 0 Å². The SMILES string of the molecule is CCCCCC(=Cc1c(O)cccc1CCCC)CCCCC. The van der Waals surface area contributed by atoms with Crippen LogP contribution in [0, 0.1) is 0 Å². The molecule has 0 atom stereocenters. The maximum Gasteiger partial charge on any atom is 0.123 e. The van der Waals surface area contributed by atoms with Gasteiger partial charge in [-0.3, -0.25) is 0 Å². The Morgan fingerprint density at radius 1 is 0.870 bits per heavy atom. The molecular formula is C22H36O. The van der Waals surface area contributed by atoms with Crippen LogP contribution < -0.4 is 0 Å². The van der Waals surface area contributed by atoms with Gasteiger partial charge < -0.3 is 5.11 Å². The maximum absolute atomic E-state index is 10.3. The Kier molecular flexibility index (Phi) is 10.5. The van der Waals surface area contributed by atoms with Crippen molar-refractivity contribution in [1.82, 2.24) is 0 Å². The molecular weight excluding hydrogens is 280 g/mol. The van der Waals surface area contributed by atoms with Crippen LogP contribution in [-0.2, 0) is 6.42 Å². The molecule has 0 unspecified atom stereocenters. The third-order valence-corrected chi connectivity index (χ3v) is 4.52. The minimum absolute atomic E-state index is 0.446. The molecule has 1 aromatic carbocycles. The molecule has 0 saturated heterocycles. The molecule has 0 aliphatic carbocycles. The van der Waals surface area contributed by atoms with Crippen LogP contribution in [0.25, 0.3) is 6.08 Å². The van der Waals surface area contributed by atoms with Crippen molar-refractivity contribution in [2.24, 2.45) is 0 Å². The molecule has 1 aromatic rings. The van der Waals surface area contributed by atoms with Crippen molar-refractivity contribution >= 4 is 6.08 Å². The molecule has 1 nitrogen and oxygen atoms in total. The lowest BCUT2D eigenvalue weighted by molar-refractivity contribution is 0.473. The van der Waals surface area contributed by atoms with E-state index in [0.717, 1.165) is 12.0 Å². The lowest BCUT2D eigenvalue weighted by Gasteiger charge is -2.12. The standard InChI is InChI=1S/C22H36O/c1-4-7-10-13-19(14-11-8-5-2)18-21-20(15-9-6-3)16-12-17-22(21)23/h12,16-18,23H,4-11,13-15H2,1-3H3. The first-order chi connectivity index (χ1) is 11.2. The minimum atomic E-state index is 0.446. The van der Waals surface area contributed by atoms with Crippen LogP contribution in [0.15, 0.2) is 23.8 Å². The first-order valence-corrected chi connectivity index (χ1v) is 9.73. The van der Waals surface area contributed by atoms with Crippen LogP contribution in [0.2, 0.25) is 0 Å². The number of benzene rings is 1. The van der Waals surface area contributed by atoms with E-state index >= 15 is 0 Å². The fourth-order valence-electron chi connectivity index (χ4n) is 3.03. The molecule has 0 spiro atoms. The van der Waals surface area contributed by atoms with Crippen molar-refractivity contribution in [3.8, 4) is 5.75 Å². The fraction of sp³-hybridized carbons (Fsp3) is 0.636. The summed E-state index contributed by atoms with van der Waals surface area (Å²) in [5.41, 5.74) is 3.89. The molecule has 0 aliphatic rings. The Hall–Kier alpha value is -1.24. The Bertz CT molecular complexity index is 447. The van der Waals surface area contributed by atoms with Gasteiger partial charge >= 0.3 is 0 Å². The number of aromatic hydroxyl groups is 1. The summed E-state index contributed by atoms with van der Waals surface area (Å²) >= 11 is 0. The second kappa shape index (κ2) is 12.2. The highest BCUT2D eigenvalue weighted by molar-refractivity contribution is 5.63. The van der Waals surface area contributed by atoms with Crippen molar-refractivity contribution in [1.29, 1.82) is 0 Å². The zero-order chi connectivity index (χ0) is 16.9. The van der Waals surface area contributed by atoms with Gasteiger partial charge in [0, 0.05) is 5.56 Å². The Morgan fingerprint density at radius 3 is 2.04 bits per heavy atom. The van der Waals surface area contributed by atoms with Gasteiger partial charge in [-0.15, -0.1) is 0 Å². The second-order valence-electron chi connectivity index (χ2n) is 6.67. The van der Waals surface area contributed by atoms with Crippen LogP contribution >= 0.6 is 0 Å². The number of rotatable bonds is 12. The summed E-state index contributed by atoms with van der Waals surface area (Å²) < 4.78 is 0. The highest BCUT2D eigenvalue weighted by atomic mass is 16.3. The van der Waals surface area contributed by atoms with Crippen molar-refractivity contribution in [2.45, 2.75) is 91.4 Å². The first kappa shape index (κ1) is 19.8.